The van der Waals surface area contributed by atoms with Crippen molar-refractivity contribution in [3.8, 4) is 0 Å². The largest absolute Gasteiger partial charge is 0.345 e. The third kappa shape index (κ3) is 4.39. The van der Waals surface area contributed by atoms with Gasteiger partial charge in [-0.05, 0) is 30.9 Å². The summed E-state index contributed by atoms with van der Waals surface area (Å²) in [6, 6.07) is 7.52. The van der Waals surface area contributed by atoms with Gasteiger partial charge in [0, 0.05) is 11.7 Å². The molecule has 1 atom stereocenters. The minimum Gasteiger partial charge on any atom is -0.345 e. The average molecular weight is 262 g/mol. The average Bonchev–Trinajstić information content (AvgIpc) is 2.38. The van der Waals surface area contributed by atoms with E-state index in [1.807, 2.05) is 52.0 Å². The molecule has 0 spiro atoms. The summed E-state index contributed by atoms with van der Waals surface area (Å²) in [4.78, 5) is 23.5. The Morgan fingerprint density at radius 1 is 1.11 bits per heavy atom. The van der Waals surface area contributed by atoms with Gasteiger partial charge in [-0.25, -0.2) is 0 Å². The molecule has 1 aromatic rings. The second kappa shape index (κ2) is 6.92. The lowest BCUT2D eigenvalue weighted by Crippen LogP contribution is -2.40. The Morgan fingerprint density at radius 3 is 2.32 bits per heavy atom. The highest BCUT2D eigenvalue weighted by atomic mass is 16.2. The van der Waals surface area contributed by atoms with E-state index in [0.29, 0.717) is 5.69 Å². The Labute approximate surface area is 114 Å². The molecule has 0 aliphatic heterocycles. The van der Waals surface area contributed by atoms with Crippen LogP contribution in [0.3, 0.4) is 0 Å². The van der Waals surface area contributed by atoms with Crippen molar-refractivity contribution in [1.29, 1.82) is 0 Å². The summed E-state index contributed by atoms with van der Waals surface area (Å²) in [7, 11) is 0. The first kappa shape index (κ1) is 15.2. The lowest BCUT2D eigenvalue weighted by Gasteiger charge is -2.14. The molecule has 2 N–H and O–H groups in total. The van der Waals surface area contributed by atoms with Gasteiger partial charge in [-0.15, -0.1) is 0 Å². The van der Waals surface area contributed by atoms with Crippen LogP contribution in [-0.4, -0.2) is 17.9 Å². The Hall–Kier alpha value is -1.84. The van der Waals surface area contributed by atoms with Crippen LogP contribution in [0.1, 0.15) is 45.6 Å². The summed E-state index contributed by atoms with van der Waals surface area (Å²) in [5.41, 5.74) is 1.72. The van der Waals surface area contributed by atoms with Gasteiger partial charge in [-0.1, -0.05) is 39.0 Å². The first-order chi connectivity index (χ1) is 8.95. The quantitative estimate of drug-likeness (QED) is 0.820. The zero-order chi connectivity index (χ0) is 14.4. The van der Waals surface area contributed by atoms with Crippen LogP contribution in [0.4, 0.5) is 5.69 Å². The Morgan fingerprint density at radius 2 is 1.74 bits per heavy atom. The summed E-state index contributed by atoms with van der Waals surface area (Å²) in [6.07, 6.45) is 0.793. The number of hydrogen-bond acceptors (Lipinski definition) is 2. The van der Waals surface area contributed by atoms with E-state index in [9.17, 15) is 9.59 Å². The van der Waals surface area contributed by atoms with Crippen molar-refractivity contribution in [2.75, 3.05) is 5.32 Å². The topological polar surface area (TPSA) is 58.2 Å². The molecule has 2 amide bonds. The molecule has 0 aliphatic carbocycles. The highest BCUT2D eigenvalue weighted by Crippen LogP contribution is 2.23. The molecule has 0 saturated heterocycles. The van der Waals surface area contributed by atoms with Gasteiger partial charge >= 0.3 is 11.8 Å². The molecule has 4 heteroatoms. The van der Waals surface area contributed by atoms with E-state index in [2.05, 4.69) is 10.6 Å². The second-order valence-electron chi connectivity index (χ2n) is 4.98. The van der Waals surface area contributed by atoms with Gasteiger partial charge in [-0.2, -0.15) is 0 Å². The normalized spacial score (nSPS) is 12.1. The Bertz CT molecular complexity index is 455. The van der Waals surface area contributed by atoms with E-state index < -0.39 is 11.8 Å². The van der Waals surface area contributed by atoms with Gasteiger partial charge in [0.15, 0.2) is 0 Å². The number of anilines is 1. The summed E-state index contributed by atoms with van der Waals surface area (Å²) in [5, 5.41) is 5.32. The molecule has 0 aliphatic rings. The van der Waals surface area contributed by atoms with Gasteiger partial charge in [0.2, 0.25) is 0 Å². The highest BCUT2D eigenvalue weighted by Gasteiger charge is 2.17. The zero-order valence-electron chi connectivity index (χ0n) is 12.0. The number of hydrogen-bond donors (Lipinski definition) is 2. The van der Waals surface area contributed by atoms with Gasteiger partial charge in [0.1, 0.15) is 0 Å². The van der Waals surface area contributed by atoms with Crippen LogP contribution >= 0.6 is 0 Å². The van der Waals surface area contributed by atoms with E-state index >= 15 is 0 Å². The van der Waals surface area contributed by atoms with Crippen molar-refractivity contribution < 1.29 is 9.59 Å². The van der Waals surface area contributed by atoms with E-state index in [-0.39, 0.29) is 12.0 Å². The van der Waals surface area contributed by atoms with Crippen LogP contribution in [0, 0.1) is 0 Å². The number of carbonyl (C=O) groups excluding carboxylic acids is 2. The number of carbonyl (C=O) groups is 2. The third-order valence-corrected chi connectivity index (χ3v) is 3.03. The van der Waals surface area contributed by atoms with Crippen molar-refractivity contribution in [1.82, 2.24) is 5.32 Å². The lowest BCUT2D eigenvalue weighted by molar-refractivity contribution is -0.136. The van der Waals surface area contributed by atoms with Crippen molar-refractivity contribution in [2.24, 2.45) is 0 Å². The molecule has 0 heterocycles. The minimum atomic E-state index is -0.617. The fourth-order valence-corrected chi connectivity index (χ4v) is 1.68. The smallest absolute Gasteiger partial charge is 0.313 e. The number of rotatable bonds is 4. The van der Waals surface area contributed by atoms with Gasteiger partial charge in [-0.3, -0.25) is 9.59 Å². The Balaban J connectivity index is 2.74. The van der Waals surface area contributed by atoms with Crippen LogP contribution in [-0.2, 0) is 9.59 Å². The SMILES string of the molecule is CC[C@H](C)NC(=O)C(=O)Nc1ccccc1C(C)C. The maximum Gasteiger partial charge on any atom is 0.313 e. The summed E-state index contributed by atoms with van der Waals surface area (Å²) < 4.78 is 0. The zero-order valence-corrected chi connectivity index (χ0v) is 12.0. The first-order valence-corrected chi connectivity index (χ1v) is 6.66. The maximum absolute atomic E-state index is 11.8. The fraction of sp³-hybridized carbons (Fsp3) is 0.467. The number of benzene rings is 1. The molecule has 1 rings (SSSR count). The summed E-state index contributed by atoms with van der Waals surface area (Å²) >= 11 is 0. The van der Waals surface area contributed by atoms with Crippen molar-refractivity contribution >= 4 is 17.5 Å². The van der Waals surface area contributed by atoms with E-state index in [1.165, 1.54) is 0 Å². The maximum atomic E-state index is 11.8. The molecule has 19 heavy (non-hydrogen) atoms. The molecule has 0 aromatic heterocycles. The predicted molar refractivity (Wildman–Crippen MR) is 77.1 cm³/mol. The number of amides is 2. The lowest BCUT2D eigenvalue weighted by atomic mass is 10.0. The highest BCUT2D eigenvalue weighted by molar-refractivity contribution is 6.39. The van der Waals surface area contributed by atoms with E-state index in [4.69, 9.17) is 0 Å². The molecule has 104 valence electrons. The molecule has 0 unspecified atom stereocenters. The second-order valence-corrected chi connectivity index (χ2v) is 4.98. The number of para-hydroxylation sites is 1. The molecule has 0 bridgehead atoms. The minimum absolute atomic E-state index is 0.00130. The molecule has 0 saturated carbocycles. The summed E-state index contributed by atoms with van der Waals surface area (Å²) in [6.45, 7) is 7.92. The van der Waals surface area contributed by atoms with Crippen LogP contribution in [0.2, 0.25) is 0 Å². The van der Waals surface area contributed by atoms with Crippen molar-refractivity contribution in [2.45, 2.75) is 46.1 Å². The van der Waals surface area contributed by atoms with Crippen LogP contribution in [0.25, 0.3) is 0 Å². The molecule has 0 radical (unpaired) electrons. The van der Waals surface area contributed by atoms with Gasteiger partial charge in [0.05, 0.1) is 0 Å². The molecule has 4 nitrogen and oxygen atoms in total. The van der Waals surface area contributed by atoms with Crippen LogP contribution < -0.4 is 10.6 Å². The standard InChI is InChI=1S/C15H22N2O2/c1-5-11(4)16-14(18)15(19)17-13-9-7-6-8-12(13)10(2)3/h6-11H,5H2,1-4H3,(H,16,18)(H,17,19)/t11-/m0/s1. The molecular weight excluding hydrogens is 240 g/mol. The fourth-order valence-electron chi connectivity index (χ4n) is 1.68. The van der Waals surface area contributed by atoms with Crippen LogP contribution in [0.5, 0.6) is 0 Å². The number of nitrogens with one attached hydrogen (secondary N) is 2. The molecular formula is C15H22N2O2. The Kier molecular flexibility index (Phi) is 5.55. The molecule has 1 aromatic carbocycles. The third-order valence-electron chi connectivity index (χ3n) is 3.03. The van der Waals surface area contributed by atoms with E-state index in [0.717, 1.165) is 12.0 Å². The monoisotopic (exact) mass is 262 g/mol. The van der Waals surface area contributed by atoms with Crippen molar-refractivity contribution in [3.63, 3.8) is 0 Å². The first-order valence-electron chi connectivity index (χ1n) is 6.66. The summed E-state index contributed by atoms with van der Waals surface area (Å²) in [5.74, 6) is -0.921. The van der Waals surface area contributed by atoms with E-state index in [1.54, 1.807) is 0 Å². The van der Waals surface area contributed by atoms with Gasteiger partial charge in [0.25, 0.3) is 0 Å². The van der Waals surface area contributed by atoms with Crippen molar-refractivity contribution in [3.05, 3.63) is 29.8 Å². The van der Waals surface area contributed by atoms with Gasteiger partial charge < -0.3 is 10.6 Å². The van der Waals surface area contributed by atoms with Crippen LogP contribution in [0.15, 0.2) is 24.3 Å². The molecule has 0 fully saturated rings. The predicted octanol–water partition coefficient (Wildman–Crippen LogP) is 2.66.